The first kappa shape index (κ1) is 16.0. The van der Waals surface area contributed by atoms with E-state index < -0.39 is 0 Å². The number of rotatable bonds is 6. The van der Waals surface area contributed by atoms with Crippen LogP contribution in [0.3, 0.4) is 0 Å². The van der Waals surface area contributed by atoms with Crippen molar-refractivity contribution in [2.24, 2.45) is 16.8 Å². The van der Waals surface area contributed by atoms with Crippen LogP contribution in [0.5, 0.6) is 0 Å². The quantitative estimate of drug-likeness (QED) is 0.323. The lowest BCUT2D eigenvalue weighted by Gasteiger charge is -2.15. The van der Waals surface area contributed by atoms with E-state index in [0.717, 1.165) is 12.8 Å². The van der Waals surface area contributed by atoms with Crippen molar-refractivity contribution < 1.29 is 10.0 Å². The van der Waals surface area contributed by atoms with Gasteiger partial charge in [-0.1, -0.05) is 31.1 Å². The lowest BCUT2D eigenvalue weighted by atomic mass is 10.0. The molecule has 20 heavy (non-hydrogen) atoms. The smallest absolute Gasteiger partial charge is 0.251 e. The first-order valence-corrected chi connectivity index (χ1v) is 6.82. The monoisotopic (exact) mass is 277 g/mol. The van der Waals surface area contributed by atoms with Crippen LogP contribution in [0.4, 0.5) is 0 Å². The second-order valence-electron chi connectivity index (χ2n) is 5.41. The van der Waals surface area contributed by atoms with Gasteiger partial charge in [0.05, 0.1) is 0 Å². The Kier molecular flexibility index (Phi) is 6.03. The highest BCUT2D eigenvalue weighted by Gasteiger charge is 2.10. The Morgan fingerprint density at radius 2 is 1.75 bits per heavy atom. The highest BCUT2D eigenvalue weighted by molar-refractivity contribution is 5.99. The van der Waals surface area contributed by atoms with Crippen LogP contribution in [0.25, 0.3) is 0 Å². The fourth-order valence-corrected chi connectivity index (χ4v) is 1.81. The Morgan fingerprint density at radius 3 is 2.25 bits per heavy atom. The maximum absolute atomic E-state index is 12.0. The minimum Gasteiger partial charge on any atom is -0.409 e. The Morgan fingerprint density at radius 1 is 1.20 bits per heavy atom. The zero-order chi connectivity index (χ0) is 15.1. The summed E-state index contributed by atoms with van der Waals surface area (Å²) in [6, 6.07) is 6.79. The van der Waals surface area contributed by atoms with Gasteiger partial charge >= 0.3 is 0 Å². The summed E-state index contributed by atoms with van der Waals surface area (Å²) in [6.07, 6.45) is 2.05. The van der Waals surface area contributed by atoms with Crippen LogP contribution in [0.1, 0.15) is 49.5 Å². The second-order valence-corrected chi connectivity index (χ2v) is 5.41. The summed E-state index contributed by atoms with van der Waals surface area (Å²) in [4.78, 5) is 12.0. The van der Waals surface area contributed by atoms with Gasteiger partial charge in [0.1, 0.15) is 0 Å². The summed E-state index contributed by atoms with van der Waals surface area (Å²) in [5.41, 5.74) is 6.61. The molecule has 0 fully saturated rings. The number of amidine groups is 1. The topological polar surface area (TPSA) is 87.7 Å². The molecule has 1 aromatic carbocycles. The first-order valence-electron chi connectivity index (χ1n) is 6.82. The zero-order valence-corrected chi connectivity index (χ0v) is 12.3. The molecule has 1 amide bonds. The van der Waals surface area contributed by atoms with E-state index in [1.165, 1.54) is 0 Å². The third-order valence-corrected chi connectivity index (χ3v) is 3.11. The van der Waals surface area contributed by atoms with Crippen molar-refractivity contribution in [3.8, 4) is 0 Å². The predicted octanol–water partition coefficient (Wildman–Crippen LogP) is 2.34. The largest absolute Gasteiger partial charge is 0.409 e. The summed E-state index contributed by atoms with van der Waals surface area (Å²) in [7, 11) is 0. The number of nitrogens with two attached hydrogens (primary N) is 1. The van der Waals surface area contributed by atoms with E-state index in [9.17, 15) is 4.79 Å². The van der Waals surface area contributed by atoms with Gasteiger partial charge in [0.2, 0.25) is 0 Å². The van der Waals surface area contributed by atoms with Gasteiger partial charge in [0, 0.05) is 17.2 Å². The molecule has 0 aliphatic heterocycles. The Balaban J connectivity index is 2.59. The summed E-state index contributed by atoms with van der Waals surface area (Å²) < 4.78 is 0. The van der Waals surface area contributed by atoms with Crippen LogP contribution in [-0.4, -0.2) is 23.0 Å². The molecule has 1 aromatic rings. The molecule has 1 unspecified atom stereocenters. The molecule has 1 rings (SSSR count). The summed E-state index contributed by atoms with van der Waals surface area (Å²) in [5, 5.41) is 14.5. The molecule has 0 heterocycles. The number of benzene rings is 1. The van der Waals surface area contributed by atoms with Crippen LogP contribution in [0.15, 0.2) is 29.4 Å². The van der Waals surface area contributed by atoms with Crippen molar-refractivity contribution in [3.63, 3.8) is 0 Å². The molecule has 0 aliphatic carbocycles. The standard InChI is InChI=1S/C15H23N3O2/c1-10(2)4-5-11(3)17-15(19)13-8-6-12(7-9-13)14(16)18-20/h6-11,20H,4-5H2,1-3H3,(H2,16,18)(H,17,19). The van der Waals surface area contributed by atoms with Crippen LogP contribution in [-0.2, 0) is 0 Å². The van der Waals surface area contributed by atoms with Gasteiger partial charge in [0.25, 0.3) is 5.91 Å². The lowest BCUT2D eigenvalue weighted by molar-refractivity contribution is 0.0937. The number of nitrogens with zero attached hydrogens (tertiary/aromatic N) is 1. The molecule has 0 aromatic heterocycles. The van der Waals surface area contributed by atoms with Crippen LogP contribution in [0, 0.1) is 5.92 Å². The van der Waals surface area contributed by atoms with E-state index in [1.807, 2.05) is 6.92 Å². The molecule has 0 bridgehead atoms. The molecular weight excluding hydrogens is 254 g/mol. The van der Waals surface area contributed by atoms with E-state index in [1.54, 1.807) is 24.3 Å². The van der Waals surface area contributed by atoms with Gasteiger partial charge < -0.3 is 16.3 Å². The average Bonchev–Trinajstić information content (AvgIpc) is 2.44. The number of hydrogen-bond donors (Lipinski definition) is 3. The normalized spacial score (nSPS) is 13.3. The molecule has 0 aliphatic rings. The van der Waals surface area contributed by atoms with E-state index in [2.05, 4.69) is 24.3 Å². The minimum absolute atomic E-state index is 0.0299. The molecule has 5 nitrogen and oxygen atoms in total. The number of hydrogen-bond acceptors (Lipinski definition) is 3. The number of carbonyl (C=O) groups excluding carboxylic acids is 1. The Hall–Kier alpha value is -2.04. The van der Waals surface area contributed by atoms with Crippen molar-refractivity contribution in [2.45, 2.75) is 39.7 Å². The van der Waals surface area contributed by atoms with E-state index >= 15 is 0 Å². The highest BCUT2D eigenvalue weighted by atomic mass is 16.4. The summed E-state index contributed by atoms with van der Waals surface area (Å²) >= 11 is 0. The van der Waals surface area contributed by atoms with Crippen LogP contribution < -0.4 is 11.1 Å². The molecule has 0 saturated carbocycles. The molecule has 1 atom stereocenters. The van der Waals surface area contributed by atoms with E-state index in [-0.39, 0.29) is 17.8 Å². The lowest BCUT2D eigenvalue weighted by Crippen LogP contribution is -2.32. The molecule has 110 valence electrons. The van der Waals surface area contributed by atoms with Crippen molar-refractivity contribution in [2.75, 3.05) is 0 Å². The van der Waals surface area contributed by atoms with E-state index in [0.29, 0.717) is 17.0 Å². The van der Waals surface area contributed by atoms with Crippen LogP contribution >= 0.6 is 0 Å². The number of carbonyl (C=O) groups is 1. The maximum Gasteiger partial charge on any atom is 0.251 e. The molecular formula is C15H23N3O2. The zero-order valence-electron chi connectivity index (χ0n) is 12.3. The number of amides is 1. The fourth-order valence-electron chi connectivity index (χ4n) is 1.81. The third-order valence-electron chi connectivity index (χ3n) is 3.11. The van der Waals surface area contributed by atoms with Gasteiger partial charge in [0.15, 0.2) is 5.84 Å². The van der Waals surface area contributed by atoms with Crippen molar-refractivity contribution in [3.05, 3.63) is 35.4 Å². The van der Waals surface area contributed by atoms with Gasteiger partial charge in [-0.15, -0.1) is 0 Å². The van der Waals surface area contributed by atoms with Gasteiger partial charge in [-0.3, -0.25) is 4.79 Å². The van der Waals surface area contributed by atoms with Gasteiger partial charge in [-0.05, 0) is 37.8 Å². The number of oxime groups is 1. The molecule has 4 N–H and O–H groups in total. The van der Waals surface area contributed by atoms with Gasteiger partial charge in [-0.25, -0.2) is 0 Å². The Labute approximate surface area is 119 Å². The average molecular weight is 277 g/mol. The summed E-state index contributed by atoms with van der Waals surface area (Å²) in [5.74, 6) is 0.559. The fraction of sp³-hybridized carbons (Fsp3) is 0.467. The molecule has 5 heteroatoms. The van der Waals surface area contributed by atoms with E-state index in [4.69, 9.17) is 10.9 Å². The third kappa shape index (κ3) is 4.91. The number of nitrogens with one attached hydrogen (secondary N) is 1. The summed E-state index contributed by atoms with van der Waals surface area (Å²) in [6.45, 7) is 6.34. The van der Waals surface area contributed by atoms with Crippen LogP contribution in [0.2, 0.25) is 0 Å². The second kappa shape index (κ2) is 7.53. The van der Waals surface area contributed by atoms with Crippen molar-refractivity contribution >= 4 is 11.7 Å². The van der Waals surface area contributed by atoms with Gasteiger partial charge in [-0.2, -0.15) is 0 Å². The molecule has 0 radical (unpaired) electrons. The van der Waals surface area contributed by atoms with Crippen molar-refractivity contribution in [1.82, 2.24) is 5.32 Å². The van der Waals surface area contributed by atoms with Crippen molar-refractivity contribution in [1.29, 1.82) is 0 Å². The SMILES string of the molecule is CC(C)CCC(C)NC(=O)c1ccc(C(N)=NO)cc1. The molecule has 0 saturated heterocycles. The first-order chi connectivity index (χ1) is 9.43. The minimum atomic E-state index is -0.104. The predicted molar refractivity (Wildman–Crippen MR) is 80.0 cm³/mol. The molecule has 0 spiro atoms. The highest BCUT2D eigenvalue weighted by Crippen LogP contribution is 2.08. The maximum atomic E-state index is 12.0. The Bertz CT molecular complexity index is 467.